The number of hydrogen-bond donors (Lipinski definition) is 2. The summed E-state index contributed by atoms with van der Waals surface area (Å²) in [6.07, 6.45) is 0.0323. The molecule has 1 amide bonds. The number of amides is 1. The Labute approximate surface area is 126 Å². The molecule has 0 aliphatic carbocycles. The number of carboxylic acids is 1. The normalized spacial score (nSPS) is 12.0. The number of likely N-dealkylation sites (N-methyl/N-ethyl adjacent to an activating group) is 1. The summed E-state index contributed by atoms with van der Waals surface area (Å²) in [5.74, 6) is -0.734. The second-order valence-corrected chi connectivity index (χ2v) is 5.00. The van der Waals surface area contributed by atoms with E-state index in [-0.39, 0.29) is 18.4 Å². The fourth-order valence-electron chi connectivity index (χ4n) is 2.12. The molecule has 1 aromatic rings. The van der Waals surface area contributed by atoms with E-state index >= 15 is 0 Å². The highest BCUT2D eigenvalue weighted by molar-refractivity contribution is 5.81. The van der Waals surface area contributed by atoms with Crippen molar-refractivity contribution in [3.8, 4) is 0 Å². The van der Waals surface area contributed by atoms with Gasteiger partial charge in [0.2, 0.25) is 5.91 Å². The zero-order valence-corrected chi connectivity index (χ0v) is 12.9. The van der Waals surface area contributed by atoms with Gasteiger partial charge in [-0.05, 0) is 31.9 Å². The van der Waals surface area contributed by atoms with Crippen LogP contribution in [0.3, 0.4) is 0 Å². The van der Waals surface area contributed by atoms with E-state index in [2.05, 4.69) is 5.32 Å². The first-order valence-electron chi connectivity index (χ1n) is 7.29. The zero-order valence-electron chi connectivity index (χ0n) is 12.9. The Morgan fingerprint density at radius 3 is 2.14 bits per heavy atom. The third-order valence-electron chi connectivity index (χ3n) is 3.44. The summed E-state index contributed by atoms with van der Waals surface area (Å²) in [4.78, 5) is 24.5. The van der Waals surface area contributed by atoms with Crippen molar-refractivity contribution in [2.24, 2.45) is 0 Å². The molecule has 5 nitrogen and oxygen atoms in total. The van der Waals surface area contributed by atoms with Crippen LogP contribution in [0.15, 0.2) is 24.3 Å². The Balaban J connectivity index is 2.51. The summed E-state index contributed by atoms with van der Waals surface area (Å²) in [6, 6.07) is 7.16. The number of carboxylic acid groups (broad SMARTS) is 1. The van der Waals surface area contributed by atoms with E-state index in [1.807, 2.05) is 45.0 Å². The van der Waals surface area contributed by atoms with E-state index in [0.717, 1.165) is 11.1 Å². The molecular weight excluding hydrogens is 268 g/mol. The van der Waals surface area contributed by atoms with Gasteiger partial charge < -0.3 is 15.3 Å². The number of carbonyl (C=O) groups is 2. The summed E-state index contributed by atoms with van der Waals surface area (Å²) >= 11 is 0. The van der Waals surface area contributed by atoms with E-state index in [1.54, 1.807) is 4.90 Å². The number of carbonyl (C=O) groups excluding carboxylic acids is 1. The number of benzene rings is 1. The van der Waals surface area contributed by atoms with Crippen molar-refractivity contribution >= 4 is 11.9 Å². The Hall–Kier alpha value is -1.88. The molecular formula is C16H24N2O3. The number of hydrogen-bond acceptors (Lipinski definition) is 3. The SMILES string of the molecule is CCN(CC)C(=O)C(C)NCc1ccc(CC(=O)O)cc1. The van der Waals surface area contributed by atoms with Gasteiger partial charge in [0.05, 0.1) is 12.5 Å². The maximum Gasteiger partial charge on any atom is 0.307 e. The maximum atomic E-state index is 12.1. The molecule has 0 aromatic heterocycles. The Bertz CT molecular complexity index is 467. The van der Waals surface area contributed by atoms with Gasteiger partial charge in [0, 0.05) is 19.6 Å². The molecule has 0 spiro atoms. The lowest BCUT2D eigenvalue weighted by molar-refractivity contribution is -0.136. The van der Waals surface area contributed by atoms with Gasteiger partial charge >= 0.3 is 5.97 Å². The standard InChI is InChI=1S/C16H24N2O3/c1-4-18(5-2)16(21)12(3)17-11-14-8-6-13(7-9-14)10-15(19)20/h6-9,12,17H,4-5,10-11H2,1-3H3,(H,19,20). The van der Waals surface area contributed by atoms with Gasteiger partial charge in [-0.2, -0.15) is 0 Å². The van der Waals surface area contributed by atoms with E-state index in [1.165, 1.54) is 0 Å². The summed E-state index contributed by atoms with van der Waals surface area (Å²) in [6.45, 7) is 7.81. The minimum atomic E-state index is -0.834. The van der Waals surface area contributed by atoms with Crippen LogP contribution in [0.4, 0.5) is 0 Å². The number of rotatable bonds is 8. The fourth-order valence-corrected chi connectivity index (χ4v) is 2.12. The highest BCUT2D eigenvalue weighted by Gasteiger charge is 2.17. The molecule has 0 bridgehead atoms. The van der Waals surface area contributed by atoms with Gasteiger partial charge in [0.25, 0.3) is 0 Å². The van der Waals surface area contributed by atoms with Crippen LogP contribution in [0, 0.1) is 0 Å². The minimum absolute atomic E-state index is 0.0323. The molecule has 0 aliphatic heterocycles. The van der Waals surface area contributed by atoms with Crippen LogP contribution < -0.4 is 5.32 Å². The van der Waals surface area contributed by atoms with Gasteiger partial charge in [-0.25, -0.2) is 0 Å². The van der Waals surface area contributed by atoms with Gasteiger partial charge in [-0.15, -0.1) is 0 Å². The molecule has 1 rings (SSSR count). The predicted molar refractivity (Wildman–Crippen MR) is 82.0 cm³/mol. The molecule has 2 N–H and O–H groups in total. The molecule has 0 saturated carbocycles. The Morgan fingerprint density at radius 2 is 1.67 bits per heavy atom. The second-order valence-electron chi connectivity index (χ2n) is 5.00. The molecule has 21 heavy (non-hydrogen) atoms. The van der Waals surface area contributed by atoms with Crippen LogP contribution in [0.25, 0.3) is 0 Å². The van der Waals surface area contributed by atoms with E-state index in [0.29, 0.717) is 19.6 Å². The molecule has 5 heteroatoms. The topological polar surface area (TPSA) is 69.6 Å². The molecule has 0 aliphatic rings. The van der Waals surface area contributed by atoms with Crippen molar-refractivity contribution in [3.05, 3.63) is 35.4 Å². The summed E-state index contributed by atoms with van der Waals surface area (Å²) < 4.78 is 0. The van der Waals surface area contributed by atoms with Crippen LogP contribution in [0.5, 0.6) is 0 Å². The maximum absolute atomic E-state index is 12.1. The lowest BCUT2D eigenvalue weighted by Gasteiger charge is -2.23. The average molecular weight is 292 g/mol. The van der Waals surface area contributed by atoms with Crippen LogP contribution in [0.2, 0.25) is 0 Å². The largest absolute Gasteiger partial charge is 0.481 e. The molecule has 1 aromatic carbocycles. The van der Waals surface area contributed by atoms with E-state index in [9.17, 15) is 9.59 Å². The monoisotopic (exact) mass is 292 g/mol. The van der Waals surface area contributed by atoms with Crippen molar-refractivity contribution < 1.29 is 14.7 Å². The van der Waals surface area contributed by atoms with Gasteiger partial charge in [0.15, 0.2) is 0 Å². The quantitative estimate of drug-likeness (QED) is 0.764. The Kier molecular flexibility index (Phi) is 6.88. The van der Waals surface area contributed by atoms with Crippen LogP contribution in [0.1, 0.15) is 31.9 Å². The van der Waals surface area contributed by atoms with Crippen molar-refractivity contribution in [1.82, 2.24) is 10.2 Å². The molecule has 0 fully saturated rings. The van der Waals surface area contributed by atoms with E-state index in [4.69, 9.17) is 5.11 Å². The van der Waals surface area contributed by atoms with Crippen LogP contribution in [-0.4, -0.2) is 41.0 Å². The van der Waals surface area contributed by atoms with Crippen molar-refractivity contribution in [1.29, 1.82) is 0 Å². The van der Waals surface area contributed by atoms with Gasteiger partial charge in [0.1, 0.15) is 0 Å². The molecule has 0 heterocycles. The second kappa shape index (κ2) is 8.42. The Morgan fingerprint density at radius 1 is 1.14 bits per heavy atom. The summed E-state index contributed by atoms with van der Waals surface area (Å²) in [5.41, 5.74) is 1.81. The van der Waals surface area contributed by atoms with Gasteiger partial charge in [-0.3, -0.25) is 9.59 Å². The third-order valence-corrected chi connectivity index (χ3v) is 3.44. The van der Waals surface area contributed by atoms with Gasteiger partial charge in [-0.1, -0.05) is 24.3 Å². The molecule has 116 valence electrons. The minimum Gasteiger partial charge on any atom is -0.481 e. The zero-order chi connectivity index (χ0) is 15.8. The predicted octanol–water partition coefficient (Wildman–Crippen LogP) is 1.66. The van der Waals surface area contributed by atoms with Crippen molar-refractivity contribution in [3.63, 3.8) is 0 Å². The summed E-state index contributed by atoms with van der Waals surface area (Å²) in [7, 11) is 0. The van der Waals surface area contributed by atoms with Crippen molar-refractivity contribution in [2.45, 2.75) is 39.8 Å². The smallest absolute Gasteiger partial charge is 0.307 e. The van der Waals surface area contributed by atoms with Crippen LogP contribution in [-0.2, 0) is 22.6 Å². The third kappa shape index (κ3) is 5.55. The highest BCUT2D eigenvalue weighted by atomic mass is 16.4. The lowest BCUT2D eigenvalue weighted by Crippen LogP contribution is -2.44. The molecule has 1 atom stereocenters. The molecule has 0 saturated heterocycles. The molecule has 1 unspecified atom stereocenters. The first-order chi connectivity index (χ1) is 9.97. The first kappa shape index (κ1) is 17.2. The molecule has 0 radical (unpaired) electrons. The lowest BCUT2D eigenvalue weighted by atomic mass is 10.1. The first-order valence-corrected chi connectivity index (χ1v) is 7.29. The number of nitrogens with zero attached hydrogens (tertiary/aromatic N) is 1. The fraction of sp³-hybridized carbons (Fsp3) is 0.500. The highest BCUT2D eigenvalue weighted by Crippen LogP contribution is 2.06. The van der Waals surface area contributed by atoms with Crippen LogP contribution >= 0.6 is 0 Å². The average Bonchev–Trinajstić information content (AvgIpc) is 2.46. The number of aliphatic carboxylic acids is 1. The summed E-state index contributed by atoms with van der Waals surface area (Å²) in [5, 5.41) is 11.9. The van der Waals surface area contributed by atoms with Crippen molar-refractivity contribution in [2.75, 3.05) is 13.1 Å². The number of nitrogens with one attached hydrogen (secondary N) is 1. The van der Waals surface area contributed by atoms with E-state index < -0.39 is 5.97 Å².